The van der Waals surface area contributed by atoms with E-state index in [-0.39, 0.29) is 17.5 Å². The van der Waals surface area contributed by atoms with Crippen molar-refractivity contribution in [2.75, 3.05) is 29.1 Å². The molecule has 1 aliphatic heterocycles. The van der Waals surface area contributed by atoms with E-state index in [0.29, 0.717) is 22.8 Å². The van der Waals surface area contributed by atoms with Gasteiger partial charge in [0.15, 0.2) is 12.4 Å². The number of hydrogen-bond acceptors (Lipinski definition) is 7. The number of nitrogens with zero attached hydrogens (tertiary/aromatic N) is 2. The number of aromatic nitrogens is 1. The first-order chi connectivity index (χ1) is 15.5. The van der Waals surface area contributed by atoms with Gasteiger partial charge in [-0.25, -0.2) is 4.79 Å². The number of anilines is 2. The molecule has 0 spiro atoms. The Balaban J connectivity index is 1.33. The van der Waals surface area contributed by atoms with Crippen LogP contribution in [0, 0.1) is 6.92 Å². The highest BCUT2D eigenvalue weighted by Gasteiger charge is 2.24. The molecule has 0 fully saturated rings. The number of nitrogens with one attached hydrogen (secondary N) is 1. The first kappa shape index (κ1) is 21.6. The Kier molecular flexibility index (Phi) is 6.55. The summed E-state index contributed by atoms with van der Waals surface area (Å²) in [6.45, 7) is 1.89. The van der Waals surface area contributed by atoms with Crippen molar-refractivity contribution in [1.82, 2.24) is 5.16 Å². The van der Waals surface area contributed by atoms with E-state index in [4.69, 9.17) is 9.26 Å². The smallest absolute Gasteiger partial charge is 0.339 e. The van der Waals surface area contributed by atoms with Crippen LogP contribution in [0.15, 0.2) is 64.0 Å². The summed E-state index contributed by atoms with van der Waals surface area (Å²) in [5.74, 6) is -0.203. The maximum Gasteiger partial charge on any atom is 0.339 e. The first-order valence-electron chi connectivity index (χ1n) is 10.0. The number of ether oxygens (including phenoxy) is 1. The van der Waals surface area contributed by atoms with Gasteiger partial charge in [0.25, 0.3) is 5.91 Å². The summed E-state index contributed by atoms with van der Waals surface area (Å²) in [4.78, 5) is 39.7. The summed E-state index contributed by atoms with van der Waals surface area (Å²) in [5, 5.41) is 6.14. The van der Waals surface area contributed by atoms with Crippen molar-refractivity contribution in [2.45, 2.75) is 18.2 Å². The van der Waals surface area contributed by atoms with E-state index in [1.807, 2.05) is 24.3 Å². The van der Waals surface area contributed by atoms with Gasteiger partial charge in [0.05, 0.1) is 11.3 Å². The van der Waals surface area contributed by atoms with Gasteiger partial charge >= 0.3 is 5.97 Å². The Morgan fingerprint density at radius 1 is 1.16 bits per heavy atom. The van der Waals surface area contributed by atoms with Crippen molar-refractivity contribution < 1.29 is 23.6 Å². The average Bonchev–Trinajstić information content (AvgIpc) is 3.42. The lowest BCUT2D eigenvalue weighted by molar-refractivity contribution is -0.119. The van der Waals surface area contributed by atoms with Gasteiger partial charge in [0, 0.05) is 23.2 Å². The Hall–Kier alpha value is -3.59. The van der Waals surface area contributed by atoms with Crippen LogP contribution in [0.1, 0.15) is 21.7 Å². The number of rotatable bonds is 7. The molecule has 0 saturated heterocycles. The van der Waals surface area contributed by atoms with Crippen molar-refractivity contribution in [3.63, 3.8) is 0 Å². The third kappa shape index (κ3) is 5.00. The Bertz CT molecular complexity index is 1160. The minimum Gasteiger partial charge on any atom is -0.452 e. The molecule has 4 rings (SSSR count). The maximum absolute atomic E-state index is 12.8. The molecule has 0 aliphatic carbocycles. The molecule has 164 valence electrons. The molecule has 9 heteroatoms. The minimum atomic E-state index is -0.640. The van der Waals surface area contributed by atoms with E-state index in [2.05, 4.69) is 10.5 Å². The number of hydrogen-bond donors (Lipinski definition) is 1. The zero-order valence-corrected chi connectivity index (χ0v) is 18.2. The van der Waals surface area contributed by atoms with Gasteiger partial charge in [-0.2, -0.15) is 0 Å². The average molecular weight is 452 g/mol. The number of fused-ring (bicyclic) bond motifs is 1. The van der Waals surface area contributed by atoms with E-state index in [0.717, 1.165) is 17.7 Å². The zero-order valence-electron chi connectivity index (χ0n) is 17.4. The second-order valence-corrected chi connectivity index (χ2v) is 8.17. The van der Waals surface area contributed by atoms with Crippen molar-refractivity contribution in [3.8, 4) is 0 Å². The van der Waals surface area contributed by atoms with Gasteiger partial charge in [0.2, 0.25) is 5.91 Å². The zero-order chi connectivity index (χ0) is 22.5. The summed E-state index contributed by atoms with van der Waals surface area (Å²) in [6.07, 6.45) is 0.839. The molecule has 1 aliphatic rings. The van der Waals surface area contributed by atoms with E-state index in [9.17, 15) is 14.4 Å². The molecule has 2 amide bonds. The van der Waals surface area contributed by atoms with Crippen molar-refractivity contribution in [3.05, 3.63) is 71.5 Å². The highest BCUT2D eigenvalue weighted by molar-refractivity contribution is 8.00. The molecule has 0 saturated carbocycles. The fourth-order valence-corrected chi connectivity index (χ4v) is 4.31. The molecule has 2 aromatic carbocycles. The summed E-state index contributed by atoms with van der Waals surface area (Å²) in [5.41, 5.74) is 2.41. The van der Waals surface area contributed by atoms with E-state index in [1.54, 1.807) is 42.2 Å². The highest BCUT2D eigenvalue weighted by Crippen LogP contribution is 2.30. The molecule has 0 atom stereocenters. The summed E-state index contributed by atoms with van der Waals surface area (Å²) in [6, 6.07) is 16.3. The van der Waals surface area contributed by atoms with Crippen LogP contribution >= 0.6 is 11.8 Å². The number of para-hydroxylation sites is 1. The maximum atomic E-state index is 12.8. The second-order valence-electron chi connectivity index (χ2n) is 7.16. The third-order valence-corrected chi connectivity index (χ3v) is 5.93. The van der Waals surface area contributed by atoms with E-state index in [1.165, 1.54) is 11.8 Å². The number of amides is 2. The summed E-state index contributed by atoms with van der Waals surface area (Å²) >= 11 is 1.27. The fourth-order valence-electron chi connectivity index (χ4n) is 3.39. The Morgan fingerprint density at radius 2 is 1.94 bits per heavy atom. The number of carbonyl (C=O) groups is 3. The SMILES string of the molecule is Cc1cc(NC(=O)COC(=O)c2ccccc2SCC(=O)N2CCc3ccccc32)no1. The fraction of sp³-hybridized carbons (Fsp3) is 0.217. The monoisotopic (exact) mass is 451 g/mol. The molecule has 0 unspecified atom stereocenters. The number of thioether (sulfide) groups is 1. The van der Waals surface area contributed by atoms with Crippen LogP contribution in [0.4, 0.5) is 11.5 Å². The van der Waals surface area contributed by atoms with Gasteiger partial charge in [-0.05, 0) is 37.1 Å². The molecule has 3 aromatic rings. The number of esters is 1. The first-order valence-corrected chi connectivity index (χ1v) is 11.0. The van der Waals surface area contributed by atoms with Crippen molar-refractivity contribution in [1.29, 1.82) is 0 Å². The normalized spacial score (nSPS) is 12.3. The standard InChI is InChI=1S/C23H21N3O5S/c1-15-12-20(25-31-15)24-21(27)13-30-23(29)17-7-3-5-9-19(17)32-14-22(28)26-11-10-16-6-2-4-8-18(16)26/h2-9,12H,10-11,13-14H2,1H3,(H,24,25,27). The largest absolute Gasteiger partial charge is 0.452 e. The second kappa shape index (κ2) is 9.69. The molecule has 8 nitrogen and oxygen atoms in total. The van der Waals surface area contributed by atoms with Gasteiger partial charge < -0.3 is 19.5 Å². The van der Waals surface area contributed by atoms with Crippen LogP contribution in [0.5, 0.6) is 0 Å². The molecule has 0 radical (unpaired) electrons. The predicted molar refractivity (Wildman–Crippen MR) is 120 cm³/mol. The van der Waals surface area contributed by atoms with Gasteiger partial charge in [-0.3, -0.25) is 9.59 Å². The third-order valence-electron chi connectivity index (χ3n) is 4.88. The molecule has 0 bridgehead atoms. The molecule has 32 heavy (non-hydrogen) atoms. The summed E-state index contributed by atoms with van der Waals surface area (Å²) < 4.78 is 10.0. The Morgan fingerprint density at radius 3 is 2.75 bits per heavy atom. The van der Waals surface area contributed by atoms with Crippen molar-refractivity contribution >= 4 is 41.1 Å². The highest BCUT2D eigenvalue weighted by atomic mass is 32.2. The van der Waals surface area contributed by atoms with Gasteiger partial charge in [-0.15, -0.1) is 11.8 Å². The lowest BCUT2D eigenvalue weighted by atomic mass is 10.2. The summed E-state index contributed by atoms with van der Waals surface area (Å²) in [7, 11) is 0. The molecular weight excluding hydrogens is 430 g/mol. The van der Waals surface area contributed by atoms with Crippen LogP contribution in [-0.4, -0.2) is 41.8 Å². The van der Waals surface area contributed by atoms with Crippen molar-refractivity contribution in [2.24, 2.45) is 0 Å². The molecular formula is C23H21N3O5S. The lowest BCUT2D eigenvalue weighted by Gasteiger charge is -2.17. The van der Waals surface area contributed by atoms with E-state index >= 15 is 0 Å². The van der Waals surface area contributed by atoms with Crippen LogP contribution in [0.25, 0.3) is 0 Å². The number of aryl methyl sites for hydroxylation is 1. The number of benzene rings is 2. The molecule has 1 N–H and O–H groups in total. The van der Waals surface area contributed by atoms with Gasteiger partial charge in [0.1, 0.15) is 5.76 Å². The molecule has 2 heterocycles. The van der Waals surface area contributed by atoms with Crippen LogP contribution < -0.4 is 10.2 Å². The van der Waals surface area contributed by atoms with Crippen LogP contribution in [0.2, 0.25) is 0 Å². The van der Waals surface area contributed by atoms with Crippen LogP contribution in [0.3, 0.4) is 0 Å². The van der Waals surface area contributed by atoms with E-state index < -0.39 is 18.5 Å². The molecule has 1 aromatic heterocycles. The number of carbonyl (C=O) groups excluding carboxylic acids is 3. The van der Waals surface area contributed by atoms with Gasteiger partial charge in [-0.1, -0.05) is 35.5 Å². The van der Waals surface area contributed by atoms with Crippen LogP contribution in [-0.2, 0) is 20.7 Å². The predicted octanol–water partition coefficient (Wildman–Crippen LogP) is 3.46. The minimum absolute atomic E-state index is 0.0228. The Labute approximate surface area is 188 Å². The lowest BCUT2D eigenvalue weighted by Crippen LogP contribution is -2.30. The quantitative estimate of drug-likeness (QED) is 0.434. The topological polar surface area (TPSA) is 102 Å².